The van der Waals surface area contributed by atoms with Crippen molar-refractivity contribution in [3.63, 3.8) is 0 Å². The second kappa shape index (κ2) is 9.51. The molecule has 1 saturated carbocycles. The van der Waals surface area contributed by atoms with Crippen LogP contribution in [0.25, 0.3) is 0 Å². The minimum Gasteiger partial charge on any atom is -0.489 e. The highest BCUT2D eigenvalue weighted by Gasteiger charge is 2.31. The van der Waals surface area contributed by atoms with Crippen molar-refractivity contribution in [2.24, 2.45) is 5.92 Å². The minimum atomic E-state index is -4.74. The molecule has 0 aromatic heterocycles. The van der Waals surface area contributed by atoms with Gasteiger partial charge >= 0.3 is 6.36 Å². The number of halogens is 4. The number of hydrogen-bond acceptors (Lipinski definition) is 2. The van der Waals surface area contributed by atoms with Gasteiger partial charge < -0.3 is 9.47 Å². The molecule has 0 saturated heterocycles. The molecule has 0 spiro atoms. The summed E-state index contributed by atoms with van der Waals surface area (Å²) in [6.07, 6.45) is 2.13. The van der Waals surface area contributed by atoms with Crippen LogP contribution in [0, 0.1) is 11.7 Å². The average Bonchev–Trinajstić information content (AvgIpc) is 2.66. The molecular formula is C23H26F4O2. The summed E-state index contributed by atoms with van der Waals surface area (Å²) in [5, 5.41) is 0. The van der Waals surface area contributed by atoms with E-state index in [9.17, 15) is 17.6 Å². The van der Waals surface area contributed by atoms with Crippen molar-refractivity contribution < 1.29 is 27.0 Å². The Hall–Kier alpha value is -2.24. The number of ether oxygens (including phenoxy) is 2. The van der Waals surface area contributed by atoms with Gasteiger partial charge in [0.25, 0.3) is 0 Å². The third-order valence-corrected chi connectivity index (χ3v) is 5.45. The van der Waals surface area contributed by atoms with Crippen molar-refractivity contribution in [3.8, 4) is 11.5 Å². The van der Waals surface area contributed by atoms with E-state index in [1.165, 1.54) is 37.1 Å². The van der Waals surface area contributed by atoms with Gasteiger partial charge in [-0.2, -0.15) is 0 Å². The van der Waals surface area contributed by atoms with Crippen molar-refractivity contribution in [2.45, 2.75) is 64.3 Å². The van der Waals surface area contributed by atoms with Gasteiger partial charge in [0.05, 0.1) is 0 Å². The Bertz CT molecular complexity index is 796. The van der Waals surface area contributed by atoms with Gasteiger partial charge in [0.1, 0.15) is 23.9 Å². The minimum absolute atomic E-state index is 0.0290. The van der Waals surface area contributed by atoms with Gasteiger partial charge in [0.15, 0.2) is 0 Å². The lowest BCUT2D eigenvalue weighted by Gasteiger charge is -2.28. The van der Waals surface area contributed by atoms with E-state index in [-0.39, 0.29) is 18.2 Å². The molecular weight excluding hydrogens is 384 g/mol. The molecule has 29 heavy (non-hydrogen) atoms. The molecule has 1 aliphatic rings. The van der Waals surface area contributed by atoms with Crippen LogP contribution in [0.3, 0.4) is 0 Å². The number of rotatable bonds is 7. The summed E-state index contributed by atoms with van der Waals surface area (Å²) in [4.78, 5) is 0. The maximum absolute atomic E-state index is 14.1. The van der Waals surface area contributed by atoms with Crippen molar-refractivity contribution in [1.29, 1.82) is 0 Å². The number of alkyl halides is 3. The standard InChI is InChI=1S/C23H26F4O2/c1-2-4-16-7-9-18(10-8-16)19-12-20(24)14-22(13-19)28-15-17-5-3-6-21(11-17)29-23(25,26)27/h3,5-6,11-14,16,18H,2,4,7-10,15H2,1H3. The predicted molar refractivity (Wildman–Crippen MR) is 103 cm³/mol. The zero-order valence-corrected chi connectivity index (χ0v) is 16.5. The highest BCUT2D eigenvalue weighted by Crippen LogP contribution is 2.38. The van der Waals surface area contributed by atoms with Crippen LogP contribution in [0.2, 0.25) is 0 Å². The Balaban J connectivity index is 1.63. The summed E-state index contributed by atoms with van der Waals surface area (Å²) >= 11 is 0. The van der Waals surface area contributed by atoms with Crippen LogP contribution in [-0.2, 0) is 6.61 Å². The van der Waals surface area contributed by atoms with E-state index in [1.54, 1.807) is 12.1 Å². The Morgan fingerprint density at radius 1 is 0.966 bits per heavy atom. The molecule has 0 aliphatic heterocycles. The van der Waals surface area contributed by atoms with Crippen LogP contribution in [0.1, 0.15) is 62.5 Å². The van der Waals surface area contributed by atoms with Crippen LogP contribution in [0.5, 0.6) is 11.5 Å². The molecule has 2 aromatic carbocycles. The van der Waals surface area contributed by atoms with Crippen LogP contribution >= 0.6 is 0 Å². The molecule has 2 nitrogen and oxygen atoms in total. The zero-order valence-electron chi connectivity index (χ0n) is 16.5. The molecule has 2 aromatic rings. The molecule has 0 unspecified atom stereocenters. The summed E-state index contributed by atoms with van der Waals surface area (Å²) in [5.41, 5.74) is 1.45. The summed E-state index contributed by atoms with van der Waals surface area (Å²) < 4.78 is 60.8. The lowest BCUT2D eigenvalue weighted by molar-refractivity contribution is -0.274. The zero-order chi connectivity index (χ0) is 20.9. The number of hydrogen-bond donors (Lipinski definition) is 0. The summed E-state index contributed by atoms with van der Waals surface area (Å²) in [5.74, 6) is 0.818. The van der Waals surface area contributed by atoms with Crippen LogP contribution in [-0.4, -0.2) is 6.36 Å². The monoisotopic (exact) mass is 410 g/mol. The van der Waals surface area contributed by atoms with Gasteiger partial charge in [-0.25, -0.2) is 4.39 Å². The first-order valence-electron chi connectivity index (χ1n) is 10.1. The molecule has 1 fully saturated rings. The van der Waals surface area contributed by atoms with Gasteiger partial charge in [-0.1, -0.05) is 31.9 Å². The van der Waals surface area contributed by atoms with Crippen molar-refractivity contribution >= 4 is 0 Å². The molecule has 0 atom stereocenters. The van der Waals surface area contributed by atoms with E-state index >= 15 is 0 Å². The van der Waals surface area contributed by atoms with Crippen molar-refractivity contribution in [1.82, 2.24) is 0 Å². The highest BCUT2D eigenvalue weighted by molar-refractivity contribution is 5.33. The van der Waals surface area contributed by atoms with Gasteiger partial charge in [-0.05, 0) is 72.9 Å². The van der Waals surface area contributed by atoms with Crippen LogP contribution in [0.4, 0.5) is 17.6 Å². The summed E-state index contributed by atoms with van der Waals surface area (Å²) in [6.45, 7) is 2.23. The van der Waals surface area contributed by atoms with E-state index in [2.05, 4.69) is 11.7 Å². The van der Waals surface area contributed by atoms with Gasteiger partial charge in [0, 0.05) is 6.07 Å². The maximum atomic E-state index is 14.1. The van der Waals surface area contributed by atoms with Gasteiger partial charge in [-0.15, -0.1) is 13.2 Å². The van der Waals surface area contributed by atoms with Crippen LogP contribution < -0.4 is 9.47 Å². The Kier molecular flexibility index (Phi) is 7.04. The molecule has 0 N–H and O–H groups in total. The van der Waals surface area contributed by atoms with Gasteiger partial charge in [0.2, 0.25) is 0 Å². The third-order valence-electron chi connectivity index (χ3n) is 5.45. The second-order valence-corrected chi connectivity index (χ2v) is 7.71. The highest BCUT2D eigenvalue weighted by atomic mass is 19.4. The molecule has 0 amide bonds. The first-order chi connectivity index (χ1) is 13.8. The number of benzene rings is 2. The largest absolute Gasteiger partial charge is 0.573 e. The molecule has 3 rings (SSSR count). The second-order valence-electron chi connectivity index (χ2n) is 7.71. The lowest BCUT2D eigenvalue weighted by Crippen LogP contribution is -2.17. The van der Waals surface area contributed by atoms with E-state index in [0.717, 1.165) is 37.2 Å². The van der Waals surface area contributed by atoms with E-state index in [1.807, 2.05) is 6.07 Å². The molecule has 1 aliphatic carbocycles. The van der Waals surface area contributed by atoms with E-state index < -0.39 is 6.36 Å². The molecule has 0 bridgehead atoms. The lowest BCUT2D eigenvalue weighted by atomic mass is 9.77. The first-order valence-corrected chi connectivity index (χ1v) is 10.1. The van der Waals surface area contributed by atoms with Crippen molar-refractivity contribution in [2.75, 3.05) is 0 Å². The molecule has 0 heterocycles. The third kappa shape index (κ3) is 6.65. The SMILES string of the molecule is CCCC1CCC(c2cc(F)cc(OCc3cccc(OC(F)(F)F)c3)c2)CC1. The van der Waals surface area contributed by atoms with Crippen LogP contribution in [0.15, 0.2) is 42.5 Å². The topological polar surface area (TPSA) is 18.5 Å². The van der Waals surface area contributed by atoms with E-state index in [4.69, 9.17) is 4.74 Å². The fraction of sp³-hybridized carbons (Fsp3) is 0.478. The smallest absolute Gasteiger partial charge is 0.489 e. The fourth-order valence-corrected chi connectivity index (χ4v) is 4.10. The summed E-state index contributed by atoms with van der Waals surface area (Å²) in [7, 11) is 0. The van der Waals surface area contributed by atoms with Crippen molar-refractivity contribution in [3.05, 3.63) is 59.4 Å². The summed E-state index contributed by atoms with van der Waals surface area (Å²) in [6, 6.07) is 10.3. The normalized spacial score (nSPS) is 19.8. The molecule has 0 radical (unpaired) electrons. The fourth-order valence-electron chi connectivity index (χ4n) is 4.10. The first kappa shape index (κ1) is 21.5. The molecule has 158 valence electrons. The van der Waals surface area contributed by atoms with Gasteiger partial charge in [-0.3, -0.25) is 0 Å². The predicted octanol–water partition coefficient (Wildman–Crippen LogP) is 7.38. The average molecular weight is 410 g/mol. The van der Waals surface area contributed by atoms with E-state index in [0.29, 0.717) is 17.2 Å². The Morgan fingerprint density at radius 3 is 2.41 bits per heavy atom. The Morgan fingerprint density at radius 2 is 1.72 bits per heavy atom. The maximum Gasteiger partial charge on any atom is 0.573 e. The molecule has 6 heteroatoms. The quantitative estimate of drug-likeness (QED) is 0.444. The Labute approximate surface area is 168 Å².